The normalized spacial score (nSPS) is 18.0. The highest BCUT2D eigenvalue weighted by atomic mass is 35.5. The number of benzene rings is 2. The van der Waals surface area contributed by atoms with Gasteiger partial charge < -0.3 is 9.80 Å². The number of carbonyl (C=O) groups is 2. The lowest BCUT2D eigenvalue weighted by atomic mass is 10.1. The van der Waals surface area contributed by atoms with Crippen molar-refractivity contribution in [1.82, 2.24) is 4.90 Å². The topological polar surface area (TPSA) is 40.6 Å². The van der Waals surface area contributed by atoms with Crippen molar-refractivity contribution in [3.8, 4) is 0 Å². The second-order valence-electron chi connectivity index (χ2n) is 6.22. The first-order valence-corrected chi connectivity index (χ1v) is 8.61. The quantitative estimate of drug-likeness (QED) is 0.762. The zero-order valence-corrected chi connectivity index (χ0v) is 15.1. The highest BCUT2D eigenvalue weighted by molar-refractivity contribution is 6.30. The third kappa shape index (κ3) is 3.93. The van der Waals surface area contributed by atoms with Gasteiger partial charge in [-0.25, -0.2) is 0 Å². The van der Waals surface area contributed by atoms with Crippen molar-refractivity contribution in [2.75, 3.05) is 18.0 Å². The maximum atomic E-state index is 12.7. The maximum Gasteiger partial charge on any atom is 0.416 e. The van der Waals surface area contributed by atoms with Crippen molar-refractivity contribution in [3.63, 3.8) is 0 Å². The number of halogens is 4. The van der Waals surface area contributed by atoms with Crippen LogP contribution in [0.1, 0.15) is 22.8 Å². The molecule has 1 aliphatic rings. The van der Waals surface area contributed by atoms with Gasteiger partial charge >= 0.3 is 6.18 Å². The Hall–Kier alpha value is -2.54. The molecule has 1 saturated heterocycles. The predicted octanol–water partition coefficient (Wildman–Crippen LogP) is 4.24. The number of hydrogen-bond donors (Lipinski definition) is 0. The summed E-state index contributed by atoms with van der Waals surface area (Å²) < 4.78 is 38.0. The second kappa shape index (κ2) is 7.23. The first-order chi connectivity index (χ1) is 12.7. The molecule has 0 unspecified atom stereocenters. The Morgan fingerprint density at radius 2 is 1.63 bits per heavy atom. The fraction of sp³-hybridized carbons (Fsp3) is 0.263. The molecule has 0 radical (unpaired) electrons. The molecular weight excluding hydrogens is 381 g/mol. The molecule has 1 aliphatic heterocycles. The van der Waals surface area contributed by atoms with Gasteiger partial charge in [0.1, 0.15) is 6.04 Å². The molecular formula is C19H16ClF3N2O2. The number of piperazine rings is 1. The smallest absolute Gasteiger partial charge is 0.325 e. The summed E-state index contributed by atoms with van der Waals surface area (Å²) in [5, 5.41) is 0.551. The molecule has 1 heterocycles. The van der Waals surface area contributed by atoms with E-state index in [1.807, 2.05) is 0 Å². The van der Waals surface area contributed by atoms with Crippen LogP contribution < -0.4 is 4.90 Å². The number of rotatable bonds is 2. The van der Waals surface area contributed by atoms with Gasteiger partial charge in [0.15, 0.2) is 0 Å². The van der Waals surface area contributed by atoms with Crippen LogP contribution in [0, 0.1) is 0 Å². The van der Waals surface area contributed by atoms with Crippen molar-refractivity contribution >= 4 is 29.1 Å². The Balaban J connectivity index is 1.76. The molecule has 0 aliphatic carbocycles. The summed E-state index contributed by atoms with van der Waals surface area (Å²) in [7, 11) is 0. The molecule has 4 nitrogen and oxygen atoms in total. The van der Waals surface area contributed by atoms with E-state index in [2.05, 4.69) is 0 Å². The highest BCUT2D eigenvalue weighted by Crippen LogP contribution is 2.29. The molecule has 8 heteroatoms. The van der Waals surface area contributed by atoms with Gasteiger partial charge in [0.25, 0.3) is 5.91 Å². The van der Waals surface area contributed by atoms with Gasteiger partial charge in [0, 0.05) is 29.4 Å². The predicted molar refractivity (Wildman–Crippen MR) is 95.7 cm³/mol. The van der Waals surface area contributed by atoms with E-state index in [0.717, 1.165) is 24.3 Å². The first-order valence-electron chi connectivity index (χ1n) is 8.23. The van der Waals surface area contributed by atoms with Crippen LogP contribution in [0.4, 0.5) is 18.9 Å². The third-order valence-corrected chi connectivity index (χ3v) is 4.77. The van der Waals surface area contributed by atoms with Crippen LogP contribution in [0.3, 0.4) is 0 Å². The van der Waals surface area contributed by atoms with Crippen molar-refractivity contribution in [3.05, 3.63) is 64.7 Å². The lowest BCUT2D eigenvalue weighted by Gasteiger charge is -2.39. The number of carbonyl (C=O) groups excluding carboxylic acids is 2. The van der Waals surface area contributed by atoms with Crippen LogP contribution in [-0.2, 0) is 11.0 Å². The van der Waals surface area contributed by atoms with Gasteiger partial charge in [-0.2, -0.15) is 13.2 Å². The summed E-state index contributed by atoms with van der Waals surface area (Å²) in [4.78, 5) is 28.3. The summed E-state index contributed by atoms with van der Waals surface area (Å²) in [6.45, 7) is 2.17. The molecule has 1 fully saturated rings. The zero-order valence-electron chi connectivity index (χ0n) is 14.3. The Morgan fingerprint density at radius 3 is 2.19 bits per heavy atom. The van der Waals surface area contributed by atoms with Crippen LogP contribution in [0.5, 0.6) is 0 Å². The van der Waals surface area contributed by atoms with E-state index in [-0.39, 0.29) is 24.6 Å². The Kier molecular flexibility index (Phi) is 5.15. The average Bonchev–Trinajstić information content (AvgIpc) is 2.64. The molecule has 2 aromatic carbocycles. The van der Waals surface area contributed by atoms with Gasteiger partial charge in [-0.1, -0.05) is 11.6 Å². The summed E-state index contributed by atoms with van der Waals surface area (Å²) >= 11 is 5.86. The summed E-state index contributed by atoms with van der Waals surface area (Å²) in [6.07, 6.45) is -4.46. The monoisotopic (exact) mass is 396 g/mol. The molecule has 2 aromatic rings. The maximum absolute atomic E-state index is 12.7. The van der Waals surface area contributed by atoms with E-state index in [4.69, 9.17) is 11.6 Å². The van der Waals surface area contributed by atoms with E-state index in [1.165, 1.54) is 4.90 Å². The lowest BCUT2D eigenvalue weighted by molar-refractivity contribution is -0.137. The van der Waals surface area contributed by atoms with Crippen LogP contribution in [0.2, 0.25) is 5.02 Å². The van der Waals surface area contributed by atoms with Gasteiger partial charge in [0.05, 0.1) is 5.56 Å². The highest BCUT2D eigenvalue weighted by Gasteiger charge is 2.36. The molecule has 0 aromatic heterocycles. The molecule has 0 bridgehead atoms. The molecule has 142 valence electrons. The van der Waals surface area contributed by atoms with E-state index in [1.54, 1.807) is 36.1 Å². The number of alkyl halides is 3. The van der Waals surface area contributed by atoms with Crippen molar-refractivity contribution < 1.29 is 22.8 Å². The number of amides is 2. The summed E-state index contributed by atoms with van der Waals surface area (Å²) in [5.41, 5.74) is -0.0313. The number of anilines is 1. The fourth-order valence-corrected chi connectivity index (χ4v) is 3.12. The van der Waals surface area contributed by atoms with Gasteiger partial charge in [-0.05, 0) is 55.5 Å². The molecule has 0 N–H and O–H groups in total. The summed E-state index contributed by atoms with van der Waals surface area (Å²) in [5.74, 6) is -0.732. The third-order valence-electron chi connectivity index (χ3n) is 4.51. The van der Waals surface area contributed by atoms with Gasteiger partial charge in [0.2, 0.25) is 5.91 Å². The van der Waals surface area contributed by atoms with E-state index < -0.39 is 23.7 Å². The average molecular weight is 397 g/mol. The fourth-order valence-electron chi connectivity index (χ4n) is 2.99. The Morgan fingerprint density at radius 1 is 1.04 bits per heavy atom. The SMILES string of the molecule is C[C@@H]1C(=O)N(c2ccc(Cl)cc2)CCN1C(=O)c1ccc(C(F)(F)F)cc1. The number of hydrogen-bond acceptors (Lipinski definition) is 2. The van der Waals surface area contributed by atoms with Crippen LogP contribution in [0.25, 0.3) is 0 Å². The minimum atomic E-state index is -4.46. The molecule has 27 heavy (non-hydrogen) atoms. The van der Waals surface area contributed by atoms with Crippen LogP contribution >= 0.6 is 11.6 Å². The van der Waals surface area contributed by atoms with E-state index in [9.17, 15) is 22.8 Å². The Bertz CT molecular complexity index is 851. The number of nitrogens with zero attached hydrogens (tertiary/aromatic N) is 2. The first kappa shape index (κ1) is 19.2. The largest absolute Gasteiger partial charge is 0.416 e. The molecule has 0 spiro atoms. The standard InChI is InChI=1S/C19H16ClF3N2O2/c1-12-17(26)25(16-8-6-15(20)7-9-16)11-10-24(12)18(27)13-2-4-14(5-3-13)19(21,22)23/h2-9,12H,10-11H2,1H3/t12-/m1/s1. The molecule has 1 atom stereocenters. The lowest BCUT2D eigenvalue weighted by Crippen LogP contribution is -2.57. The minimum Gasteiger partial charge on any atom is -0.325 e. The summed E-state index contributed by atoms with van der Waals surface area (Å²) in [6, 6.07) is 10.1. The molecule has 0 saturated carbocycles. The molecule has 3 rings (SSSR count). The van der Waals surface area contributed by atoms with Crippen LogP contribution in [0.15, 0.2) is 48.5 Å². The zero-order chi connectivity index (χ0) is 19.8. The van der Waals surface area contributed by atoms with Crippen molar-refractivity contribution in [2.24, 2.45) is 0 Å². The van der Waals surface area contributed by atoms with Crippen molar-refractivity contribution in [2.45, 2.75) is 19.1 Å². The van der Waals surface area contributed by atoms with Gasteiger partial charge in [-0.3, -0.25) is 9.59 Å². The minimum absolute atomic E-state index is 0.114. The molecule has 2 amide bonds. The van der Waals surface area contributed by atoms with Gasteiger partial charge in [-0.15, -0.1) is 0 Å². The van der Waals surface area contributed by atoms with Crippen LogP contribution in [-0.4, -0.2) is 35.8 Å². The second-order valence-corrected chi connectivity index (χ2v) is 6.65. The van der Waals surface area contributed by atoms with Crippen molar-refractivity contribution in [1.29, 1.82) is 0 Å². The van der Waals surface area contributed by atoms with E-state index in [0.29, 0.717) is 10.7 Å². The van der Waals surface area contributed by atoms with E-state index >= 15 is 0 Å². The Labute approximate surface area is 159 Å².